The number of thioether (sulfide) groups is 1. The number of aryl methyl sites for hydroxylation is 2. The van der Waals surface area contributed by atoms with Gasteiger partial charge in [0.15, 0.2) is 18.2 Å². The smallest absolute Gasteiger partial charge is 0.320 e. The van der Waals surface area contributed by atoms with Crippen LogP contribution < -0.4 is 5.32 Å². The molecule has 1 aromatic carbocycles. The van der Waals surface area contributed by atoms with Gasteiger partial charge in [-0.1, -0.05) is 33.8 Å². The number of hydrogen-bond donors (Lipinski definition) is 3. The second kappa shape index (κ2) is 22.2. The minimum atomic E-state index is -1.48. The van der Waals surface area contributed by atoms with Crippen molar-refractivity contribution in [1.29, 1.82) is 0 Å². The first-order chi connectivity index (χ1) is 31.2. The lowest BCUT2D eigenvalue weighted by atomic mass is 9.70. The number of hydrogen-bond acceptors (Lipinski definition) is 16. The molecule has 4 saturated heterocycles. The number of anilines is 1. The summed E-state index contributed by atoms with van der Waals surface area (Å²) in [5.41, 5.74) is -1.10. The number of methoxy groups -OCH3 is 2. The molecule has 0 radical (unpaired) electrons. The molecule has 67 heavy (non-hydrogen) atoms. The Morgan fingerprint density at radius 2 is 1.55 bits per heavy atom. The summed E-state index contributed by atoms with van der Waals surface area (Å²) in [7, 11) is 6.81. The fourth-order valence-electron chi connectivity index (χ4n) is 11.1. The number of nitrogens with zero attached hydrogens (tertiary/aromatic N) is 1. The number of Topliss-reactive ketones (excluding diaryl/α,β-unsaturated/α-hetero) is 1. The molecule has 16 nitrogen and oxygen atoms in total. The molecule has 2 unspecified atom stereocenters. The third kappa shape index (κ3) is 11.7. The van der Waals surface area contributed by atoms with Gasteiger partial charge in [0.05, 0.1) is 47.3 Å². The number of ketones is 1. The van der Waals surface area contributed by atoms with Crippen LogP contribution in [0.3, 0.4) is 0 Å². The molecule has 0 aromatic heterocycles. The van der Waals surface area contributed by atoms with E-state index < -0.39 is 113 Å². The minimum absolute atomic E-state index is 0.107. The van der Waals surface area contributed by atoms with E-state index in [1.807, 2.05) is 85.7 Å². The Hall–Kier alpha value is -2.71. The van der Waals surface area contributed by atoms with Gasteiger partial charge in [0.2, 0.25) is 5.91 Å². The van der Waals surface area contributed by atoms with Crippen molar-refractivity contribution >= 4 is 41.1 Å². The normalized spacial score (nSPS) is 42.4. The summed E-state index contributed by atoms with van der Waals surface area (Å²) in [6.45, 7) is 21.9. The molecular formula is C50H80N2O14S. The van der Waals surface area contributed by atoms with Crippen molar-refractivity contribution in [3.63, 3.8) is 0 Å². The monoisotopic (exact) mass is 965 g/mol. The highest BCUT2D eigenvalue weighted by molar-refractivity contribution is 8.01. The summed E-state index contributed by atoms with van der Waals surface area (Å²) in [5, 5.41) is 24.9. The number of cyclic esters (lactones) is 1. The number of rotatable bonds is 12. The molecular weight excluding hydrogens is 885 g/mol. The van der Waals surface area contributed by atoms with Gasteiger partial charge in [-0.25, -0.2) is 0 Å². The summed E-state index contributed by atoms with van der Waals surface area (Å²) in [5.74, 6) is -6.02. The largest absolute Gasteiger partial charge is 0.458 e. The SMILES string of the molecule is CC[C@H]1OC(=O)[C@H](C)[C@@H](O[C@H]2C[C@@](C)(OC)[C@@H](O)[C@@H](C)O2)[C@H](C)[C@@H](O[C@@H]2O[C@H](C)C[C@H](N(C)C)[C@H]2O)[C@](C)(OC)C[C@@H](C)C(=O)[C@@H](C)C2C(SCC(=O)Nc3ccc(C)c(C)c3)C(=O)O[C@@]21C. The first-order valence-electron chi connectivity index (χ1n) is 24.0. The Morgan fingerprint density at radius 3 is 2.15 bits per heavy atom. The van der Waals surface area contributed by atoms with Crippen molar-refractivity contribution in [1.82, 2.24) is 4.90 Å². The van der Waals surface area contributed by atoms with Gasteiger partial charge in [-0.2, -0.15) is 0 Å². The number of carbonyl (C=O) groups is 4. The summed E-state index contributed by atoms with van der Waals surface area (Å²) in [4.78, 5) is 59.5. The van der Waals surface area contributed by atoms with Crippen LogP contribution in [0.2, 0.25) is 0 Å². The van der Waals surface area contributed by atoms with Crippen molar-refractivity contribution < 1.29 is 67.3 Å². The van der Waals surface area contributed by atoms with Crippen molar-refractivity contribution in [2.24, 2.45) is 29.6 Å². The van der Waals surface area contributed by atoms with Crippen LogP contribution in [0.1, 0.15) is 106 Å². The number of esters is 2. The average Bonchev–Trinajstić information content (AvgIpc) is 3.54. The highest BCUT2D eigenvalue weighted by Gasteiger charge is 2.62. The van der Waals surface area contributed by atoms with Crippen LogP contribution in [0.5, 0.6) is 0 Å². The fourth-order valence-corrected chi connectivity index (χ4v) is 12.4. The zero-order valence-corrected chi connectivity index (χ0v) is 43.5. The van der Waals surface area contributed by atoms with Crippen LogP contribution in [0.25, 0.3) is 0 Å². The Labute approximate surface area is 402 Å². The molecule has 4 aliphatic rings. The number of carbonyl (C=O) groups excluding carboxylic acids is 4. The van der Waals surface area contributed by atoms with Gasteiger partial charge >= 0.3 is 11.9 Å². The van der Waals surface area contributed by atoms with Gasteiger partial charge in [-0.05, 0) is 112 Å². The van der Waals surface area contributed by atoms with E-state index in [-0.39, 0.29) is 48.9 Å². The standard InChI is InChI=1S/C50H80N2O14S/c1-17-35-50(12)38(42(46(58)66-50)67-24-36(53)51-33-19-18-25(2)26(3)20-33)29(6)39(54)27(4)22-49(11,60-16)44(65-47-40(55)34(52(13)14)21-28(5)61-47)30(7)41(31(8)45(57)63-35)64-37-23-48(10,59-15)43(56)32(9)62-37/h18-20,27-32,34-35,37-38,40-44,47,55-56H,17,21-24H2,1-16H3,(H,51,53)/t27-,28-,29+,30+,31-,32-,34+,35-,37+,38?,40-,41+,42?,43+,44-,47+,48-,49-,50-/m1/s1. The second-order valence-electron chi connectivity index (χ2n) is 20.7. The number of aliphatic hydroxyl groups excluding tert-OH is 2. The fraction of sp³-hybridized carbons (Fsp3) is 0.800. The van der Waals surface area contributed by atoms with E-state index in [2.05, 4.69) is 5.32 Å². The number of ether oxygens (including phenoxy) is 8. The molecule has 0 spiro atoms. The maximum absolute atomic E-state index is 15.1. The molecule has 4 fully saturated rings. The van der Waals surface area contributed by atoms with E-state index in [9.17, 15) is 24.6 Å². The Kier molecular flexibility index (Phi) is 18.3. The summed E-state index contributed by atoms with van der Waals surface area (Å²) < 4.78 is 51.5. The first kappa shape index (κ1) is 55.2. The lowest BCUT2D eigenvalue weighted by molar-refractivity contribution is -0.319. The average molecular weight is 965 g/mol. The van der Waals surface area contributed by atoms with Gasteiger partial charge in [-0.15, -0.1) is 11.8 Å². The summed E-state index contributed by atoms with van der Waals surface area (Å²) >= 11 is 1.10. The van der Waals surface area contributed by atoms with Crippen LogP contribution in [0.15, 0.2) is 18.2 Å². The Bertz CT molecular complexity index is 1910. The summed E-state index contributed by atoms with van der Waals surface area (Å²) in [6.07, 6.45) is -7.22. The van der Waals surface area contributed by atoms with Crippen LogP contribution in [0.4, 0.5) is 5.69 Å². The molecule has 380 valence electrons. The van der Waals surface area contributed by atoms with E-state index in [1.165, 1.54) is 14.2 Å². The number of likely N-dealkylation sites (N-methyl/N-ethyl adjacent to an activating group) is 1. The van der Waals surface area contributed by atoms with Gasteiger partial charge in [0.1, 0.15) is 29.3 Å². The minimum Gasteiger partial charge on any atom is -0.458 e. The zero-order chi connectivity index (χ0) is 50.1. The first-order valence-corrected chi connectivity index (χ1v) is 25.0. The van der Waals surface area contributed by atoms with Gasteiger partial charge in [0.25, 0.3) is 0 Å². The predicted molar refractivity (Wildman–Crippen MR) is 253 cm³/mol. The molecule has 4 heterocycles. The highest BCUT2D eigenvalue weighted by Crippen LogP contribution is 2.49. The maximum Gasteiger partial charge on any atom is 0.320 e. The Balaban J connectivity index is 1.59. The van der Waals surface area contributed by atoms with Crippen LogP contribution in [-0.2, 0) is 57.1 Å². The van der Waals surface area contributed by atoms with Crippen LogP contribution in [-0.4, -0.2) is 156 Å². The highest BCUT2D eigenvalue weighted by atomic mass is 32.2. The quantitative estimate of drug-likeness (QED) is 0.218. The van der Waals surface area contributed by atoms with E-state index in [0.717, 1.165) is 22.9 Å². The molecule has 3 N–H and O–H groups in total. The molecule has 17 heteroatoms. The summed E-state index contributed by atoms with van der Waals surface area (Å²) in [6, 6.07) is 5.32. The molecule has 19 atom stereocenters. The zero-order valence-electron chi connectivity index (χ0n) is 42.7. The molecule has 4 aliphatic heterocycles. The number of nitrogens with one attached hydrogen (secondary N) is 1. The number of amides is 1. The maximum atomic E-state index is 15.1. The second-order valence-corrected chi connectivity index (χ2v) is 21.8. The van der Waals surface area contributed by atoms with Crippen molar-refractivity contribution in [3.05, 3.63) is 29.3 Å². The predicted octanol–water partition coefficient (Wildman–Crippen LogP) is 5.62. The lowest BCUT2D eigenvalue weighted by Crippen LogP contribution is -2.61. The third-order valence-corrected chi connectivity index (χ3v) is 16.7. The number of benzene rings is 1. The topological polar surface area (TPSA) is 198 Å². The van der Waals surface area contributed by atoms with E-state index in [0.29, 0.717) is 12.1 Å². The number of aliphatic hydroxyl groups is 2. The van der Waals surface area contributed by atoms with Gasteiger partial charge in [0, 0.05) is 56.0 Å². The van der Waals surface area contributed by atoms with Crippen LogP contribution >= 0.6 is 11.8 Å². The molecule has 1 amide bonds. The van der Waals surface area contributed by atoms with Crippen molar-refractivity contribution in [2.75, 3.05) is 39.4 Å². The van der Waals surface area contributed by atoms with Crippen molar-refractivity contribution in [3.8, 4) is 0 Å². The molecule has 5 rings (SSSR count). The van der Waals surface area contributed by atoms with Gasteiger partial charge < -0.3 is 58.3 Å². The van der Waals surface area contributed by atoms with Crippen LogP contribution in [0, 0.1) is 43.4 Å². The van der Waals surface area contributed by atoms with Crippen molar-refractivity contribution in [2.45, 2.75) is 192 Å². The van der Waals surface area contributed by atoms with E-state index in [1.54, 1.807) is 34.6 Å². The molecule has 0 saturated carbocycles. The molecule has 1 aromatic rings. The van der Waals surface area contributed by atoms with Gasteiger partial charge in [-0.3, -0.25) is 19.2 Å². The Morgan fingerprint density at radius 1 is 0.896 bits per heavy atom. The number of fused-ring (bicyclic) bond motifs is 1. The van der Waals surface area contributed by atoms with E-state index >= 15 is 4.79 Å². The van der Waals surface area contributed by atoms with E-state index in [4.69, 9.17) is 37.9 Å². The third-order valence-electron chi connectivity index (χ3n) is 15.4. The molecule has 0 aliphatic carbocycles. The lowest BCUT2D eigenvalue weighted by Gasteiger charge is -2.50. The molecule has 0 bridgehead atoms.